The van der Waals surface area contributed by atoms with Crippen molar-refractivity contribution in [2.45, 2.75) is 18.9 Å². The van der Waals surface area contributed by atoms with Gasteiger partial charge in [0.15, 0.2) is 11.6 Å². The van der Waals surface area contributed by atoms with E-state index in [1.165, 1.54) is 13.2 Å². The highest BCUT2D eigenvalue weighted by Gasteiger charge is 2.09. The van der Waals surface area contributed by atoms with Crippen LogP contribution in [0, 0.1) is 11.6 Å². The zero-order valence-corrected chi connectivity index (χ0v) is 9.95. The van der Waals surface area contributed by atoms with Crippen LogP contribution in [0.5, 0.6) is 0 Å². The number of aliphatic hydroxyl groups excluding tert-OH is 1. The minimum absolute atomic E-state index is 0.108. The Bertz CT molecular complexity index is 412. The van der Waals surface area contributed by atoms with Gasteiger partial charge in [0, 0.05) is 24.7 Å². The maximum Gasteiger partial charge on any atom is 0.305 e. The zero-order chi connectivity index (χ0) is 13.5. The second-order valence-corrected chi connectivity index (χ2v) is 3.78. The van der Waals surface area contributed by atoms with Crippen molar-refractivity contribution in [3.05, 3.63) is 29.8 Å². The molecular formula is C12H15F2NO3. The minimum Gasteiger partial charge on any atom is -0.469 e. The zero-order valence-electron chi connectivity index (χ0n) is 9.95. The van der Waals surface area contributed by atoms with Crippen molar-refractivity contribution in [2.75, 3.05) is 19.0 Å². The van der Waals surface area contributed by atoms with Crippen molar-refractivity contribution in [1.29, 1.82) is 0 Å². The van der Waals surface area contributed by atoms with Gasteiger partial charge < -0.3 is 15.2 Å². The number of benzene rings is 1. The van der Waals surface area contributed by atoms with E-state index < -0.39 is 23.7 Å². The molecule has 0 saturated carbocycles. The Morgan fingerprint density at radius 1 is 1.44 bits per heavy atom. The molecule has 0 aliphatic carbocycles. The lowest BCUT2D eigenvalue weighted by atomic mass is 10.2. The van der Waals surface area contributed by atoms with Crippen LogP contribution >= 0.6 is 0 Å². The predicted molar refractivity (Wildman–Crippen MR) is 62.1 cm³/mol. The number of nitrogens with one attached hydrogen (secondary N) is 1. The van der Waals surface area contributed by atoms with Gasteiger partial charge in [0.25, 0.3) is 0 Å². The monoisotopic (exact) mass is 259 g/mol. The molecule has 0 aliphatic rings. The van der Waals surface area contributed by atoms with Crippen molar-refractivity contribution in [1.82, 2.24) is 0 Å². The largest absolute Gasteiger partial charge is 0.469 e. The third-order valence-electron chi connectivity index (χ3n) is 2.37. The molecule has 6 heteroatoms. The first-order valence-corrected chi connectivity index (χ1v) is 5.46. The van der Waals surface area contributed by atoms with Gasteiger partial charge in [0.05, 0.1) is 13.2 Å². The van der Waals surface area contributed by atoms with E-state index in [1.54, 1.807) is 0 Å². The summed E-state index contributed by atoms with van der Waals surface area (Å²) in [5.74, 6) is -2.28. The number of esters is 1. The Morgan fingerprint density at radius 3 is 2.78 bits per heavy atom. The van der Waals surface area contributed by atoms with Crippen LogP contribution in [0.1, 0.15) is 12.8 Å². The average molecular weight is 259 g/mol. The molecule has 18 heavy (non-hydrogen) atoms. The quantitative estimate of drug-likeness (QED) is 0.763. The number of halogens is 2. The number of carbonyl (C=O) groups is 1. The number of hydrogen-bond donors (Lipinski definition) is 2. The Labute approximate surface area is 104 Å². The maximum absolute atomic E-state index is 12.9. The fraction of sp³-hybridized carbons (Fsp3) is 0.417. The topological polar surface area (TPSA) is 58.6 Å². The maximum atomic E-state index is 12.9. The molecule has 0 spiro atoms. The first-order chi connectivity index (χ1) is 8.52. The van der Waals surface area contributed by atoms with Crippen LogP contribution < -0.4 is 5.32 Å². The van der Waals surface area contributed by atoms with Gasteiger partial charge in [-0.2, -0.15) is 0 Å². The van der Waals surface area contributed by atoms with E-state index in [1.807, 2.05) is 0 Å². The summed E-state index contributed by atoms with van der Waals surface area (Å²) < 4.78 is 29.9. The molecule has 1 atom stereocenters. The third kappa shape index (κ3) is 4.67. The highest BCUT2D eigenvalue weighted by atomic mass is 19.2. The molecular weight excluding hydrogens is 244 g/mol. The summed E-state index contributed by atoms with van der Waals surface area (Å²) in [4.78, 5) is 10.8. The van der Waals surface area contributed by atoms with Gasteiger partial charge in [-0.3, -0.25) is 4.79 Å². The van der Waals surface area contributed by atoms with Crippen molar-refractivity contribution < 1.29 is 23.4 Å². The van der Waals surface area contributed by atoms with Gasteiger partial charge in [-0.1, -0.05) is 0 Å². The van der Waals surface area contributed by atoms with E-state index in [4.69, 9.17) is 0 Å². The van der Waals surface area contributed by atoms with Crippen molar-refractivity contribution in [2.24, 2.45) is 0 Å². The minimum atomic E-state index is -0.955. The van der Waals surface area contributed by atoms with Crippen LogP contribution in [0.2, 0.25) is 0 Å². The number of methoxy groups -OCH3 is 1. The molecule has 1 aromatic carbocycles. The SMILES string of the molecule is COC(=O)CCC(O)CNc1ccc(F)c(F)c1. The fourth-order valence-electron chi connectivity index (χ4n) is 1.33. The standard InChI is InChI=1S/C12H15F2NO3/c1-18-12(17)5-3-9(16)7-15-8-2-4-10(13)11(14)6-8/h2,4,6,9,15-16H,3,5,7H2,1H3. The number of carbonyl (C=O) groups excluding carboxylic acids is 1. The number of rotatable bonds is 6. The molecule has 1 rings (SSSR count). The summed E-state index contributed by atoms with van der Waals surface area (Å²) in [5, 5.41) is 12.3. The lowest BCUT2D eigenvalue weighted by molar-refractivity contribution is -0.141. The molecule has 0 radical (unpaired) electrons. The van der Waals surface area contributed by atoms with Crippen LogP contribution in [0.4, 0.5) is 14.5 Å². The molecule has 1 aromatic rings. The number of hydrogen-bond acceptors (Lipinski definition) is 4. The normalized spacial score (nSPS) is 12.0. The Hall–Kier alpha value is -1.69. The molecule has 0 bridgehead atoms. The van der Waals surface area contributed by atoms with Crippen molar-refractivity contribution >= 4 is 11.7 Å². The van der Waals surface area contributed by atoms with Crippen LogP contribution in [-0.2, 0) is 9.53 Å². The predicted octanol–water partition coefficient (Wildman–Crippen LogP) is 1.69. The Balaban J connectivity index is 2.35. The van der Waals surface area contributed by atoms with E-state index in [9.17, 15) is 18.7 Å². The summed E-state index contributed by atoms with van der Waals surface area (Å²) in [6.07, 6.45) is -0.419. The molecule has 1 unspecified atom stereocenters. The van der Waals surface area contributed by atoms with Crippen LogP contribution in [0.25, 0.3) is 0 Å². The molecule has 0 heterocycles. The van der Waals surface area contributed by atoms with Gasteiger partial charge >= 0.3 is 5.97 Å². The first-order valence-electron chi connectivity index (χ1n) is 5.46. The molecule has 4 nitrogen and oxygen atoms in total. The summed E-state index contributed by atoms with van der Waals surface area (Å²) in [5.41, 5.74) is 0.367. The number of anilines is 1. The second-order valence-electron chi connectivity index (χ2n) is 3.78. The van der Waals surface area contributed by atoms with Crippen LogP contribution in [0.3, 0.4) is 0 Å². The second kappa shape index (κ2) is 6.90. The number of aliphatic hydroxyl groups is 1. The highest BCUT2D eigenvalue weighted by molar-refractivity contribution is 5.69. The average Bonchev–Trinajstić information content (AvgIpc) is 2.37. The van der Waals surface area contributed by atoms with E-state index in [2.05, 4.69) is 10.1 Å². The van der Waals surface area contributed by atoms with Crippen molar-refractivity contribution in [3.63, 3.8) is 0 Å². The molecule has 2 N–H and O–H groups in total. The van der Waals surface area contributed by atoms with Gasteiger partial charge in [-0.15, -0.1) is 0 Å². The third-order valence-corrected chi connectivity index (χ3v) is 2.37. The van der Waals surface area contributed by atoms with Crippen molar-refractivity contribution in [3.8, 4) is 0 Å². The first kappa shape index (κ1) is 14.4. The van der Waals surface area contributed by atoms with Crippen LogP contribution in [0.15, 0.2) is 18.2 Å². The summed E-state index contributed by atoms with van der Waals surface area (Å²) in [6.45, 7) is 0.141. The summed E-state index contributed by atoms with van der Waals surface area (Å²) >= 11 is 0. The molecule has 0 amide bonds. The lowest BCUT2D eigenvalue weighted by Crippen LogP contribution is -2.20. The summed E-state index contributed by atoms with van der Waals surface area (Å²) in [6, 6.07) is 3.37. The molecule has 0 fully saturated rings. The van der Waals surface area contributed by atoms with E-state index >= 15 is 0 Å². The van der Waals surface area contributed by atoms with Gasteiger partial charge in [0.1, 0.15) is 0 Å². The fourth-order valence-corrected chi connectivity index (χ4v) is 1.33. The van der Waals surface area contributed by atoms with Gasteiger partial charge in [-0.25, -0.2) is 8.78 Å². The van der Waals surface area contributed by atoms with Gasteiger partial charge in [-0.05, 0) is 18.6 Å². The van der Waals surface area contributed by atoms with E-state index in [0.717, 1.165) is 12.1 Å². The Morgan fingerprint density at radius 2 is 2.17 bits per heavy atom. The van der Waals surface area contributed by atoms with Crippen LogP contribution in [-0.4, -0.2) is 30.8 Å². The smallest absolute Gasteiger partial charge is 0.305 e. The van der Waals surface area contributed by atoms with E-state index in [-0.39, 0.29) is 19.4 Å². The highest BCUT2D eigenvalue weighted by Crippen LogP contribution is 2.13. The number of ether oxygens (including phenoxy) is 1. The summed E-state index contributed by atoms with van der Waals surface area (Å²) in [7, 11) is 1.27. The van der Waals surface area contributed by atoms with E-state index in [0.29, 0.717) is 5.69 Å². The molecule has 0 saturated heterocycles. The molecule has 0 aromatic heterocycles. The van der Waals surface area contributed by atoms with Gasteiger partial charge in [0.2, 0.25) is 0 Å². The Kier molecular flexibility index (Phi) is 5.51. The molecule has 0 aliphatic heterocycles. The molecule has 100 valence electrons. The lowest BCUT2D eigenvalue weighted by Gasteiger charge is -2.12.